The van der Waals surface area contributed by atoms with Gasteiger partial charge < -0.3 is 9.84 Å². The molecule has 134 valence electrons. The first-order chi connectivity index (χ1) is 12.7. The summed E-state index contributed by atoms with van der Waals surface area (Å²) in [5, 5.41) is 27.5. The first-order valence-electron chi connectivity index (χ1n) is 8.38. The van der Waals surface area contributed by atoms with Gasteiger partial charge in [-0.25, -0.2) is 9.89 Å². The minimum atomic E-state index is -1.12. The lowest BCUT2D eigenvalue weighted by atomic mass is 9.82. The molecule has 8 nitrogen and oxygen atoms in total. The quantitative estimate of drug-likeness (QED) is 0.708. The highest BCUT2D eigenvalue weighted by molar-refractivity contribution is 7.12. The molecule has 1 fully saturated rings. The molecule has 1 aliphatic rings. The van der Waals surface area contributed by atoms with Gasteiger partial charge in [-0.2, -0.15) is 0 Å². The summed E-state index contributed by atoms with van der Waals surface area (Å²) < 4.78 is 5.74. The van der Waals surface area contributed by atoms with E-state index in [1.807, 2.05) is 0 Å². The number of nitrogens with zero attached hydrogens (tertiary/aromatic N) is 4. The molecule has 0 atom stereocenters. The van der Waals surface area contributed by atoms with Crippen molar-refractivity contribution in [1.29, 1.82) is 0 Å². The van der Waals surface area contributed by atoms with Crippen molar-refractivity contribution < 1.29 is 14.6 Å². The summed E-state index contributed by atoms with van der Waals surface area (Å²) in [6.07, 6.45) is 3.66. The van der Waals surface area contributed by atoms with Crippen LogP contribution in [0, 0.1) is 0 Å². The van der Waals surface area contributed by atoms with Gasteiger partial charge in [-0.1, -0.05) is 45.9 Å². The molecule has 2 heterocycles. The Hall–Kier alpha value is -2.81. The third-order valence-corrected chi connectivity index (χ3v) is 5.41. The standard InChI is InChI=1S/C17H17N5O3S/c23-17(24)14-15(20-22-19-14)25-13-7-5-11(6-8-13)10-1-3-12(4-2-10)16-21-18-9-26-16/h1-4,9,11,13H,5-8H2,(H,23,24)(H,19,20,22). The molecular weight excluding hydrogens is 354 g/mol. The SMILES string of the molecule is O=C(O)c1[nH]nnc1OC1CCC(c2ccc(-c3nncs3)cc2)CC1. The van der Waals surface area contributed by atoms with Crippen LogP contribution in [0.4, 0.5) is 0 Å². The van der Waals surface area contributed by atoms with Crippen LogP contribution in [0.2, 0.25) is 0 Å². The Morgan fingerprint density at radius 2 is 1.92 bits per heavy atom. The number of carboxylic acid groups (broad SMARTS) is 1. The molecule has 0 spiro atoms. The summed E-state index contributed by atoms with van der Waals surface area (Å²) in [4.78, 5) is 11.1. The van der Waals surface area contributed by atoms with Crippen molar-refractivity contribution >= 4 is 17.3 Å². The highest BCUT2D eigenvalue weighted by Crippen LogP contribution is 2.35. The summed E-state index contributed by atoms with van der Waals surface area (Å²) in [6.45, 7) is 0. The molecule has 9 heteroatoms. The molecule has 0 saturated heterocycles. The molecule has 1 saturated carbocycles. The Balaban J connectivity index is 1.36. The zero-order valence-corrected chi connectivity index (χ0v) is 14.6. The summed E-state index contributed by atoms with van der Waals surface area (Å²) in [5.41, 5.74) is 4.03. The van der Waals surface area contributed by atoms with Crippen LogP contribution in [0.25, 0.3) is 10.6 Å². The fourth-order valence-electron chi connectivity index (χ4n) is 3.31. The van der Waals surface area contributed by atoms with Gasteiger partial charge in [0.25, 0.3) is 5.88 Å². The van der Waals surface area contributed by atoms with Gasteiger partial charge in [-0.05, 0) is 37.2 Å². The Morgan fingerprint density at radius 1 is 1.15 bits per heavy atom. The maximum Gasteiger partial charge on any atom is 0.359 e. The number of aromatic carboxylic acids is 1. The fourth-order valence-corrected chi connectivity index (χ4v) is 3.87. The van der Waals surface area contributed by atoms with E-state index in [0.29, 0.717) is 5.92 Å². The third kappa shape index (κ3) is 3.43. The number of nitrogens with one attached hydrogen (secondary N) is 1. The zero-order chi connectivity index (χ0) is 17.9. The lowest BCUT2D eigenvalue weighted by Gasteiger charge is -2.28. The van der Waals surface area contributed by atoms with Crippen molar-refractivity contribution in [2.45, 2.75) is 37.7 Å². The molecule has 26 heavy (non-hydrogen) atoms. The highest BCUT2D eigenvalue weighted by atomic mass is 32.1. The Kier molecular flexibility index (Phi) is 4.61. The summed E-state index contributed by atoms with van der Waals surface area (Å²) in [6, 6.07) is 8.49. The summed E-state index contributed by atoms with van der Waals surface area (Å²) >= 11 is 1.53. The second-order valence-corrected chi connectivity index (χ2v) is 7.09. The molecule has 0 aliphatic heterocycles. The van der Waals surface area contributed by atoms with Crippen molar-refractivity contribution in [3.05, 3.63) is 41.0 Å². The van der Waals surface area contributed by atoms with E-state index < -0.39 is 5.97 Å². The number of aromatic amines is 1. The summed E-state index contributed by atoms with van der Waals surface area (Å²) in [7, 11) is 0. The lowest BCUT2D eigenvalue weighted by molar-refractivity contribution is 0.0678. The van der Waals surface area contributed by atoms with E-state index in [-0.39, 0.29) is 17.7 Å². The normalized spacial score (nSPS) is 20.0. The molecule has 2 aromatic heterocycles. The van der Waals surface area contributed by atoms with Gasteiger partial charge in [-0.15, -0.1) is 10.2 Å². The van der Waals surface area contributed by atoms with Crippen LogP contribution in [0.1, 0.15) is 47.7 Å². The van der Waals surface area contributed by atoms with Crippen molar-refractivity contribution in [3.63, 3.8) is 0 Å². The monoisotopic (exact) mass is 371 g/mol. The molecule has 0 unspecified atom stereocenters. The molecule has 0 radical (unpaired) electrons. The van der Waals surface area contributed by atoms with Gasteiger partial charge in [0.05, 0.1) is 0 Å². The van der Waals surface area contributed by atoms with E-state index in [0.717, 1.165) is 36.3 Å². The topological polar surface area (TPSA) is 114 Å². The van der Waals surface area contributed by atoms with Crippen LogP contribution in [-0.2, 0) is 0 Å². The van der Waals surface area contributed by atoms with Crippen LogP contribution in [0.3, 0.4) is 0 Å². The van der Waals surface area contributed by atoms with Crippen LogP contribution in [-0.4, -0.2) is 42.8 Å². The Morgan fingerprint density at radius 3 is 2.58 bits per heavy atom. The van der Waals surface area contributed by atoms with Crippen LogP contribution in [0.15, 0.2) is 29.8 Å². The number of H-pyrrole nitrogens is 1. The van der Waals surface area contributed by atoms with Gasteiger partial charge in [0, 0.05) is 5.56 Å². The predicted molar refractivity (Wildman–Crippen MR) is 94.3 cm³/mol. The van der Waals surface area contributed by atoms with Gasteiger partial charge in [0.1, 0.15) is 16.6 Å². The van der Waals surface area contributed by atoms with E-state index >= 15 is 0 Å². The maximum absolute atomic E-state index is 11.1. The number of ether oxygens (including phenoxy) is 1. The number of hydrogen-bond acceptors (Lipinski definition) is 7. The second-order valence-electron chi connectivity index (χ2n) is 6.25. The zero-order valence-electron chi connectivity index (χ0n) is 13.8. The minimum Gasteiger partial charge on any atom is -0.476 e. The number of carbonyl (C=O) groups is 1. The minimum absolute atomic E-state index is 0.0323. The Labute approximate surface area is 153 Å². The number of rotatable bonds is 5. The smallest absolute Gasteiger partial charge is 0.359 e. The first kappa shape index (κ1) is 16.6. The number of benzene rings is 1. The Bertz CT molecular complexity index is 870. The average Bonchev–Trinajstić information content (AvgIpc) is 3.34. The average molecular weight is 371 g/mol. The molecule has 0 bridgehead atoms. The fraction of sp³-hybridized carbons (Fsp3) is 0.353. The first-order valence-corrected chi connectivity index (χ1v) is 9.26. The van der Waals surface area contributed by atoms with Gasteiger partial charge in [-0.3, -0.25) is 0 Å². The molecule has 1 aliphatic carbocycles. The predicted octanol–water partition coefficient (Wildman–Crippen LogP) is 3.13. The molecule has 3 aromatic rings. The number of aromatic nitrogens is 5. The van der Waals surface area contributed by atoms with Gasteiger partial charge in [0.15, 0.2) is 0 Å². The van der Waals surface area contributed by atoms with E-state index in [1.54, 1.807) is 5.51 Å². The van der Waals surface area contributed by atoms with Crippen molar-refractivity contribution in [2.24, 2.45) is 0 Å². The van der Waals surface area contributed by atoms with E-state index in [4.69, 9.17) is 9.84 Å². The molecule has 1 aromatic carbocycles. The second kappa shape index (κ2) is 7.20. The van der Waals surface area contributed by atoms with E-state index in [9.17, 15) is 4.79 Å². The van der Waals surface area contributed by atoms with Gasteiger partial charge in [0.2, 0.25) is 5.69 Å². The van der Waals surface area contributed by atoms with Crippen molar-refractivity contribution in [2.75, 3.05) is 0 Å². The van der Waals surface area contributed by atoms with E-state index in [2.05, 4.69) is 49.9 Å². The largest absolute Gasteiger partial charge is 0.476 e. The summed E-state index contributed by atoms with van der Waals surface area (Å²) in [5.74, 6) is -0.564. The third-order valence-electron chi connectivity index (χ3n) is 4.67. The highest BCUT2D eigenvalue weighted by Gasteiger charge is 2.26. The molecule has 0 amide bonds. The van der Waals surface area contributed by atoms with Crippen molar-refractivity contribution in [1.82, 2.24) is 25.6 Å². The van der Waals surface area contributed by atoms with Crippen molar-refractivity contribution in [3.8, 4) is 16.5 Å². The van der Waals surface area contributed by atoms with E-state index in [1.165, 1.54) is 16.9 Å². The number of carboxylic acids is 1. The lowest BCUT2D eigenvalue weighted by Crippen LogP contribution is -2.24. The maximum atomic E-state index is 11.1. The molecular formula is C17H17N5O3S. The molecule has 4 rings (SSSR count). The molecule has 2 N–H and O–H groups in total. The number of hydrogen-bond donors (Lipinski definition) is 2. The van der Waals surface area contributed by atoms with Crippen LogP contribution < -0.4 is 4.74 Å². The van der Waals surface area contributed by atoms with Crippen LogP contribution in [0.5, 0.6) is 5.88 Å². The van der Waals surface area contributed by atoms with Gasteiger partial charge >= 0.3 is 5.97 Å². The van der Waals surface area contributed by atoms with Crippen LogP contribution >= 0.6 is 11.3 Å².